The molecule has 1 N–H and O–H groups in total. The van der Waals surface area contributed by atoms with Gasteiger partial charge in [-0.1, -0.05) is 48.7 Å². The second-order valence-electron chi connectivity index (χ2n) is 5.35. The monoisotopic (exact) mass is 305 g/mol. The second kappa shape index (κ2) is 5.90. The number of benzene rings is 1. The van der Waals surface area contributed by atoms with Gasteiger partial charge in [0, 0.05) is 11.1 Å². The molecule has 3 unspecified atom stereocenters. The lowest BCUT2D eigenvalue weighted by atomic mass is 9.79. The molecule has 3 atom stereocenters. The van der Waals surface area contributed by atoms with E-state index in [1.807, 2.05) is 0 Å². The number of nitrogens with one attached hydrogen (secondary N) is 1. The Balaban J connectivity index is 2.10. The fraction of sp³-hybridized carbons (Fsp3) is 0.571. The molecule has 0 heterocycles. The lowest BCUT2D eigenvalue weighted by Gasteiger charge is -2.33. The van der Waals surface area contributed by atoms with Crippen LogP contribution in [0.4, 0.5) is 5.69 Å². The highest BCUT2D eigenvalue weighted by molar-refractivity contribution is 6.41. The van der Waals surface area contributed by atoms with Gasteiger partial charge >= 0.3 is 0 Å². The fourth-order valence-corrected chi connectivity index (χ4v) is 3.49. The van der Waals surface area contributed by atoms with E-state index in [1.165, 1.54) is 12.8 Å². The molecule has 18 heavy (non-hydrogen) atoms. The average Bonchev–Trinajstić information content (AvgIpc) is 2.28. The van der Waals surface area contributed by atoms with Crippen LogP contribution in [-0.2, 0) is 0 Å². The molecular formula is C14H18Cl3N. The van der Waals surface area contributed by atoms with Crippen molar-refractivity contribution in [3.05, 3.63) is 27.2 Å². The number of halogens is 3. The third kappa shape index (κ3) is 3.26. The maximum atomic E-state index is 6.19. The minimum absolute atomic E-state index is 0.451. The zero-order chi connectivity index (χ0) is 13.3. The smallest absolute Gasteiger partial charge is 0.0722 e. The van der Waals surface area contributed by atoms with Crippen LogP contribution in [-0.4, -0.2) is 6.04 Å². The summed E-state index contributed by atoms with van der Waals surface area (Å²) in [4.78, 5) is 0. The quantitative estimate of drug-likeness (QED) is 0.719. The molecule has 1 saturated carbocycles. The van der Waals surface area contributed by atoms with E-state index >= 15 is 0 Å². The minimum Gasteiger partial charge on any atom is -0.380 e. The summed E-state index contributed by atoms with van der Waals surface area (Å²) < 4.78 is 0. The Morgan fingerprint density at radius 1 is 1.00 bits per heavy atom. The first-order valence-electron chi connectivity index (χ1n) is 6.38. The van der Waals surface area contributed by atoms with Crippen LogP contribution in [0.15, 0.2) is 12.1 Å². The van der Waals surface area contributed by atoms with Crippen molar-refractivity contribution >= 4 is 40.5 Å². The van der Waals surface area contributed by atoms with Crippen molar-refractivity contribution in [1.82, 2.24) is 0 Å². The summed E-state index contributed by atoms with van der Waals surface area (Å²) in [6, 6.07) is 3.91. The molecule has 4 heteroatoms. The van der Waals surface area contributed by atoms with Crippen molar-refractivity contribution < 1.29 is 0 Å². The highest BCUT2D eigenvalue weighted by Crippen LogP contribution is 2.37. The standard InChI is InChI=1S/C14H18Cl3N/c1-8-3-4-11(5-9(8)2)18-14-12(16)6-10(15)7-13(14)17/h6-9,11,18H,3-5H2,1-2H3. The Labute approximate surface area is 124 Å². The average molecular weight is 307 g/mol. The lowest BCUT2D eigenvalue weighted by molar-refractivity contribution is 0.261. The predicted octanol–water partition coefficient (Wildman–Crippen LogP) is 5.88. The van der Waals surface area contributed by atoms with Gasteiger partial charge in [-0.2, -0.15) is 0 Å². The summed E-state index contributed by atoms with van der Waals surface area (Å²) >= 11 is 18.3. The number of hydrogen-bond acceptors (Lipinski definition) is 1. The molecule has 0 spiro atoms. The van der Waals surface area contributed by atoms with Crippen molar-refractivity contribution in [1.29, 1.82) is 0 Å². The molecule has 1 fully saturated rings. The van der Waals surface area contributed by atoms with Crippen LogP contribution in [0.25, 0.3) is 0 Å². The van der Waals surface area contributed by atoms with Crippen LogP contribution in [0.1, 0.15) is 33.1 Å². The molecule has 100 valence electrons. The van der Waals surface area contributed by atoms with Crippen LogP contribution in [0.2, 0.25) is 15.1 Å². The first-order valence-corrected chi connectivity index (χ1v) is 7.52. The van der Waals surface area contributed by atoms with E-state index in [4.69, 9.17) is 34.8 Å². The molecule has 0 amide bonds. The predicted molar refractivity (Wildman–Crippen MR) is 81.1 cm³/mol. The Hall–Kier alpha value is -0.110. The number of anilines is 1. The first-order chi connectivity index (χ1) is 8.47. The van der Waals surface area contributed by atoms with Crippen molar-refractivity contribution in [3.8, 4) is 0 Å². The minimum atomic E-state index is 0.451. The van der Waals surface area contributed by atoms with Crippen molar-refractivity contribution in [3.63, 3.8) is 0 Å². The molecule has 0 aliphatic heterocycles. The van der Waals surface area contributed by atoms with Crippen LogP contribution >= 0.6 is 34.8 Å². The van der Waals surface area contributed by atoms with Crippen LogP contribution in [0.5, 0.6) is 0 Å². The molecule has 0 radical (unpaired) electrons. The van der Waals surface area contributed by atoms with Gasteiger partial charge in [0.15, 0.2) is 0 Å². The molecule has 2 rings (SSSR count). The third-order valence-corrected chi connectivity index (χ3v) is 4.77. The first kappa shape index (κ1) is 14.3. The lowest BCUT2D eigenvalue weighted by Crippen LogP contribution is -2.30. The Kier molecular flexibility index (Phi) is 4.69. The third-order valence-electron chi connectivity index (χ3n) is 3.95. The topological polar surface area (TPSA) is 12.0 Å². The molecule has 1 nitrogen and oxygen atoms in total. The van der Waals surface area contributed by atoms with Crippen molar-refractivity contribution in [2.75, 3.05) is 5.32 Å². The molecular weight excluding hydrogens is 289 g/mol. The van der Waals surface area contributed by atoms with Crippen LogP contribution in [0.3, 0.4) is 0 Å². The molecule has 1 aromatic carbocycles. The molecule has 1 aliphatic carbocycles. The summed E-state index contributed by atoms with van der Waals surface area (Å²) in [5.74, 6) is 1.54. The van der Waals surface area contributed by atoms with Gasteiger partial charge < -0.3 is 5.32 Å². The largest absolute Gasteiger partial charge is 0.380 e. The molecule has 1 aromatic rings. The molecule has 0 aromatic heterocycles. The SMILES string of the molecule is CC1CCC(Nc2c(Cl)cc(Cl)cc2Cl)CC1C. The zero-order valence-corrected chi connectivity index (χ0v) is 12.9. The summed E-state index contributed by atoms with van der Waals surface area (Å²) in [5, 5.41) is 5.24. The summed E-state index contributed by atoms with van der Waals surface area (Å²) in [6.07, 6.45) is 3.58. The fourth-order valence-electron chi connectivity index (χ4n) is 2.56. The summed E-state index contributed by atoms with van der Waals surface area (Å²) in [6.45, 7) is 4.63. The molecule has 0 bridgehead atoms. The summed E-state index contributed by atoms with van der Waals surface area (Å²) in [7, 11) is 0. The van der Waals surface area contributed by atoms with E-state index in [9.17, 15) is 0 Å². The Bertz CT molecular complexity index is 410. The Morgan fingerprint density at radius 3 is 2.17 bits per heavy atom. The maximum absolute atomic E-state index is 6.19. The van der Waals surface area contributed by atoms with Gasteiger partial charge in [0.05, 0.1) is 15.7 Å². The van der Waals surface area contributed by atoms with E-state index in [2.05, 4.69) is 19.2 Å². The van der Waals surface area contributed by atoms with Gasteiger partial charge in [-0.15, -0.1) is 0 Å². The van der Waals surface area contributed by atoms with E-state index in [-0.39, 0.29) is 0 Å². The van der Waals surface area contributed by atoms with Gasteiger partial charge in [0.1, 0.15) is 0 Å². The normalized spacial score (nSPS) is 28.2. The van der Waals surface area contributed by atoms with E-state index in [0.717, 1.165) is 23.9 Å². The van der Waals surface area contributed by atoms with Gasteiger partial charge in [0.2, 0.25) is 0 Å². The second-order valence-corrected chi connectivity index (χ2v) is 6.60. The van der Waals surface area contributed by atoms with E-state index in [1.54, 1.807) is 12.1 Å². The highest BCUT2D eigenvalue weighted by atomic mass is 35.5. The van der Waals surface area contributed by atoms with Crippen molar-refractivity contribution in [2.24, 2.45) is 11.8 Å². The van der Waals surface area contributed by atoms with Crippen molar-refractivity contribution in [2.45, 2.75) is 39.2 Å². The highest BCUT2D eigenvalue weighted by Gasteiger charge is 2.25. The van der Waals surface area contributed by atoms with Gasteiger partial charge in [-0.05, 0) is 43.2 Å². The molecule has 0 saturated heterocycles. The van der Waals surface area contributed by atoms with Crippen LogP contribution in [0, 0.1) is 11.8 Å². The Morgan fingerprint density at radius 2 is 1.61 bits per heavy atom. The van der Waals surface area contributed by atoms with Gasteiger partial charge in [-0.3, -0.25) is 0 Å². The zero-order valence-electron chi connectivity index (χ0n) is 10.6. The van der Waals surface area contributed by atoms with Gasteiger partial charge in [-0.25, -0.2) is 0 Å². The van der Waals surface area contributed by atoms with E-state index < -0.39 is 0 Å². The molecule has 1 aliphatic rings. The number of rotatable bonds is 2. The van der Waals surface area contributed by atoms with E-state index in [0.29, 0.717) is 21.1 Å². The summed E-state index contributed by atoms with van der Waals surface area (Å²) in [5.41, 5.74) is 0.814. The van der Waals surface area contributed by atoms with Crippen LogP contribution < -0.4 is 5.32 Å². The van der Waals surface area contributed by atoms with Gasteiger partial charge in [0.25, 0.3) is 0 Å². The maximum Gasteiger partial charge on any atom is 0.0722 e. The number of hydrogen-bond donors (Lipinski definition) is 1.